The predicted molar refractivity (Wildman–Crippen MR) is 99.9 cm³/mol. The van der Waals surface area contributed by atoms with Crippen LogP contribution in [-0.4, -0.2) is 43.0 Å². The maximum atomic E-state index is 12.7. The van der Waals surface area contributed by atoms with Crippen molar-refractivity contribution < 1.29 is 23.5 Å². The van der Waals surface area contributed by atoms with E-state index in [1.165, 1.54) is 0 Å². The van der Waals surface area contributed by atoms with Gasteiger partial charge in [-0.05, 0) is 58.6 Å². The average molecular weight is 435 g/mol. The summed E-state index contributed by atoms with van der Waals surface area (Å²) in [6.07, 6.45) is 1.80. The van der Waals surface area contributed by atoms with Crippen LogP contribution in [0.1, 0.15) is 35.0 Å². The molecule has 27 heavy (non-hydrogen) atoms. The minimum atomic E-state index is -0.413. The van der Waals surface area contributed by atoms with Crippen molar-refractivity contribution in [2.75, 3.05) is 26.3 Å². The number of hydrogen-bond acceptors (Lipinski definition) is 5. The Morgan fingerprint density at radius 3 is 2.74 bits per heavy atom. The number of amides is 2. The molecule has 1 atom stereocenters. The molecule has 4 rings (SSSR count). The highest BCUT2D eigenvalue weighted by Gasteiger charge is 2.31. The van der Waals surface area contributed by atoms with Crippen LogP contribution in [0, 0.1) is 0 Å². The van der Waals surface area contributed by atoms with Crippen LogP contribution in [0.25, 0.3) is 0 Å². The monoisotopic (exact) mass is 434 g/mol. The molecule has 1 saturated heterocycles. The van der Waals surface area contributed by atoms with Crippen molar-refractivity contribution in [3.8, 4) is 11.5 Å². The largest absolute Gasteiger partial charge is 0.486 e. The van der Waals surface area contributed by atoms with Crippen molar-refractivity contribution in [1.29, 1.82) is 0 Å². The molecular weight excluding hydrogens is 416 g/mol. The van der Waals surface area contributed by atoms with E-state index in [0.29, 0.717) is 24.4 Å². The number of carbonyl (C=O) groups excluding carboxylic acids is 2. The van der Waals surface area contributed by atoms with Crippen LogP contribution in [0.4, 0.5) is 0 Å². The van der Waals surface area contributed by atoms with E-state index in [9.17, 15) is 9.59 Å². The smallest absolute Gasteiger partial charge is 0.287 e. The van der Waals surface area contributed by atoms with Crippen LogP contribution in [-0.2, 0) is 4.79 Å². The summed E-state index contributed by atoms with van der Waals surface area (Å²) in [6.45, 7) is 1.67. The number of likely N-dealkylation sites (tertiary alicyclic amines) is 1. The third kappa shape index (κ3) is 3.80. The lowest BCUT2D eigenvalue weighted by Gasteiger charge is -2.26. The Morgan fingerprint density at radius 1 is 1.15 bits per heavy atom. The Bertz CT molecular complexity index is 866. The summed E-state index contributed by atoms with van der Waals surface area (Å²) in [5.74, 6) is 1.09. The van der Waals surface area contributed by atoms with Gasteiger partial charge in [0.25, 0.3) is 5.91 Å². The molecule has 0 radical (unpaired) electrons. The molecule has 1 fully saturated rings. The van der Waals surface area contributed by atoms with E-state index < -0.39 is 5.91 Å². The quantitative estimate of drug-likeness (QED) is 0.799. The SMILES string of the molecule is O=C(NCC(=O)N1CCCC1c1ccc2c(c1)OCCO2)c1ccc(Br)o1. The Morgan fingerprint density at radius 2 is 1.96 bits per heavy atom. The number of benzene rings is 1. The Hall–Kier alpha value is -2.48. The van der Waals surface area contributed by atoms with Crippen molar-refractivity contribution in [2.45, 2.75) is 18.9 Å². The lowest BCUT2D eigenvalue weighted by Crippen LogP contribution is -2.39. The first-order valence-corrected chi connectivity index (χ1v) is 9.63. The fourth-order valence-electron chi connectivity index (χ4n) is 3.46. The van der Waals surface area contributed by atoms with E-state index in [4.69, 9.17) is 13.9 Å². The number of furan rings is 1. The molecule has 2 aliphatic rings. The lowest BCUT2D eigenvalue weighted by molar-refractivity contribution is -0.131. The first-order valence-electron chi connectivity index (χ1n) is 8.84. The summed E-state index contributed by atoms with van der Waals surface area (Å²) in [5, 5.41) is 2.62. The molecule has 0 aliphatic carbocycles. The van der Waals surface area contributed by atoms with Crippen LogP contribution < -0.4 is 14.8 Å². The Balaban J connectivity index is 1.41. The molecule has 3 heterocycles. The van der Waals surface area contributed by atoms with E-state index in [2.05, 4.69) is 21.2 Å². The molecule has 7 nitrogen and oxygen atoms in total. The molecule has 0 saturated carbocycles. The van der Waals surface area contributed by atoms with Crippen molar-refractivity contribution in [2.24, 2.45) is 0 Å². The van der Waals surface area contributed by atoms with Gasteiger partial charge in [-0.3, -0.25) is 9.59 Å². The summed E-state index contributed by atoms with van der Waals surface area (Å²) < 4.78 is 16.9. The van der Waals surface area contributed by atoms with Gasteiger partial charge in [-0.2, -0.15) is 0 Å². The molecule has 8 heteroatoms. The first-order chi connectivity index (χ1) is 13.1. The van der Waals surface area contributed by atoms with Crippen LogP contribution in [0.2, 0.25) is 0 Å². The number of halogens is 1. The highest BCUT2D eigenvalue weighted by Crippen LogP contribution is 2.38. The topological polar surface area (TPSA) is 81.0 Å². The molecule has 0 spiro atoms. The normalized spacial score (nSPS) is 18.4. The Kier molecular flexibility index (Phi) is 5.07. The first kappa shape index (κ1) is 17.9. The van der Waals surface area contributed by atoms with Crippen LogP contribution >= 0.6 is 15.9 Å². The van der Waals surface area contributed by atoms with E-state index >= 15 is 0 Å². The molecule has 1 N–H and O–H groups in total. The van der Waals surface area contributed by atoms with Gasteiger partial charge in [-0.15, -0.1) is 0 Å². The zero-order chi connectivity index (χ0) is 18.8. The number of nitrogens with one attached hydrogen (secondary N) is 1. The zero-order valence-corrected chi connectivity index (χ0v) is 16.2. The second-order valence-electron chi connectivity index (χ2n) is 6.43. The van der Waals surface area contributed by atoms with Gasteiger partial charge in [0.15, 0.2) is 21.9 Å². The molecule has 2 amide bonds. The summed E-state index contributed by atoms with van der Waals surface area (Å²) in [7, 11) is 0. The number of nitrogens with zero attached hydrogens (tertiary/aromatic N) is 1. The van der Waals surface area contributed by atoms with Crippen LogP contribution in [0.5, 0.6) is 11.5 Å². The van der Waals surface area contributed by atoms with Gasteiger partial charge in [0.2, 0.25) is 5.91 Å². The van der Waals surface area contributed by atoms with Gasteiger partial charge in [0.05, 0.1) is 12.6 Å². The fourth-order valence-corrected chi connectivity index (χ4v) is 3.77. The third-order valence-electron chi connectivity index (χ3n) is 4.72. The maximum Gasteiger partial charge on any atom is 0.287 e. The van der Waals surface area contributed by atoms with E-state index in [1.807, 2.05) is 23.1 Å². The van der Waals surface area contributed by atoms with E-state index in [-0.39, 0.29) is 24.3 Å². The van der Waals surface area contributed by atoms with Crippen molar-refractivity contribution in [1.82, 2.24) is 10.2 Å². The molecule has 142 valence electrons. The second-order valence-corrected chi connectivity index (χ2v) is 7.22. The molecular formula is C19H19BrN2O5. The minimum absolute atomic E-state index is 0.0250. The number of hydrogen-bond donors (Lipinski definition) is 1. The molecule has 2 aromatic rings. The lowest BCUT2D eigenvalue weighted by atomic mass is 10.0. The minimum Gasteiger partial charge on any atom is -0.486 e. The van der Waals surface area contributed by atoms with Crippen LogP contribution in [0.3, 0.4) is 0 Å². The molecule has 2 aliphatic heterocycles. The summed E-state index contributed by atoms with van der Waals surface area (Å²) in [4.78, 5) is 26.5. The van der Waals surface area contributed by atoms with Gasteiger partial charge >= 0.3 is 0 Å². The van der Waals surface area contributed by atoms with Gasteiger partial charge in [0.1, 0.15) is 13.2 Å². The molecule has 1 unspecified atom stereocenters. The van der Waals surface area contributed by atoms with Gasteiger partial charge in [0, 0.05) is 6.54 Å². The maximum absolute atomic E-state index is 12.7. The number of carbonyl (C=O) groups is 2. The fraction of sp³-hybridized carbons (Fsp3) is 0.368. The molecule has 1 aromatic heterocycles. The second kappa shape index (κ2) is 7.64. The predicted octanol–water partition coefficient (Wildman–Crippen LogP) is 2.91. The number of rotatable bonds is 4. The molecule has 0 bridgehead atoms. The highest BCUT2D eigenvalue weighted by atomic mass is 79.9. The number of ether oxygens (including phenoxy) is 2. The van der Waals surface area contributed by atoms with Gasteiger partial charge < -0.3 is 24.1 Å². The van der Waals surface area contributed by atoms with Crippen molar-refractivity contribution in [3.63, 3.8) is 0 Å². The highest BCUT2D eigenvalue weighted by molar-refractivity contribution is 9.10. The van der Waals surface area contributed by atoms with Crippen LogP contribution in [0.15, 0.2) is 39.4 Å². The van der Waals surface area contributed by atoms with E-state index in [1.54, 1.807) is 12.1 Å². The van der Waals surface area contributed by atoms with E-state index in [0.717, 1.165) is 29.9 Å². The third-order valence-corrected chi connectivity index (χ3v) is 5.15. The van der Waals surface area contributed by atoms with Crippen molar-refractivity contribution >= 4 is 27.7 Å². The van der Waals surface area contributed by atoms with Gasteiger partial charge in [-0.25, -0.2) is 0 Å². The standard InChI is InChI=1S/C19H19BrN2O5/c20-17-6-5-15(27-17)19(24)21-11-18(23)22-7-1-2-13(22)12-3-4-14-16(10-12)26-9-8-25-14/h3-6,10,13H,1-2,7-9,11H2,(H,21,24). The van der Waals surface area contributed by atoms with Gasteiger partial charge in [-0.1, -0.05) is 6.07 Å². The average Bonchev–Trinajstić information content (AvgIpc) is 3.34. The van der Waals surface area contributed by atoms with Crippen molar-refractivity contribution in [3.05, 3.63) is 46.3 Å². The summed E-state index contributed by atoms with van der Waals surface area (Å²) in [6, 6.07) is 8.98. The Labute approximate surface area is 164 Å². The zero-order valence-electron chi connectivity index (χ0n) is 14.6. The summed E-state index contributed by atoms with van der Waals surface area (Å²) in [5.41, 5.74) is 1.02. The molecule has 1 aromatic carbocycles. The summed E-state index contributed by atoms with van der Waals surface area (Å²) >= 11 is 3.15. The number of fused-ring (bicyclic) bond motifs is 1.